The number of nitrogens with two attached hydrogens (primary N) is 1. The Morgan fingerprint density at radius 1 is 1.22 bits per heavy atom. The number of aromatic nitrogens is 3. The second-order valence-electron chi connectivity index (χ2n) is 10.8. The highest BCUT2D eigenvalue weighted by Crippen LogP contribution is 2.36. The zero-order chi connectivity index (χ0) is 29.3. The minimum Gasteiger partial charge on any atom is -0.447 e. The largest absolute Gasteiger partial charge is 0.447 e. The summed E-state index contributed by atoms with van der Waals surface area (Å²) in [6, 6.07) is 13.1. The molecular weight excluding hydrogens is 540 g/mol. The third kappa shape index (κ3) is 5.94. The number of piperidine rings is 1. The molecule has 2 saturated heterocycles. The van der Waals surface area contributed by atoms with E-state index in [0.29, 0.717) is 52.2 Å². The second-order valence-corrected chi connectivity index (χ2v) is 11.9. The summed E-state index contributed by atoms with van der Waals surface area (Å²) in [5.74, 6) is 0.582. The normalized spacial score (nSPS) is 16.5. The molecule has 4 aromatic rings. The number of nitriles is 1. The number of nitrogens with zero attached hydrogens (tertiary/aromatic N) is 5. The molecule has 41 heavy (non-hydrogen) atoms. The number of rotatable bonds is 4. The van der Waals surface area contributed by atoms with Gasteiger partial charge in [0.15, 0.2) is 0 Å². The van der Waals surface area contributed by atoms with E-state index in [4.69, 9.17) is 15.7 Å². The van der Waals surface area contributed by atoms with Crippen molar-refractivity contribution in [2.45, 2.75) is 58.2 Å². The lowest BCUT2D eigenvalue weighted by Gasteiger charge is -2.25. The second kappa shape index (κ2) is 11.3. The number of hydrogen-bond acceptors (Lipinski definition) is 9. The summed E-state index contributed by atoms with van der Waals surface area (Å²) in [5, 5.41) is 20.2. The van der Waals surface area contributed by atoms with Crippen molar-refractivity contribution in [3.8, 4) is 16.5 Å². The van der Waals surface area contributed by atoms with Gasteiger partial charge in [-0.25, -0.2) is 14.8 Å². The van der Waals surface area contributed by atoms with Crippen molar-refractivity contribution in [2.75, 3.05) is 18.9 Å². The number of cyclic esters (lactones) is 1. The number of aliphatic hydroxyl groups is 1. The van der Waals surface area contributed by atoms with Crippen LogP contribution in [-0.2, 0) is 16.9 Å². The lowest BCUT2D eigenvalue weighted by Crippen LogP contribution is -2.37. The fourth-order valence-corrected chi connectivity index (χ4v) is 5.96. The van der Waals surface area contributed by atoms with E-state index in [1.807, 2.05) is 17.0 Å². The van der Waals surface area contributed by atoms with Gasteiger partial charge in [-0.2, -0.15) is 5.26 Å². The molecule has 0 saturated carbocycles. The summed E-state index contributed by atoms with van der Waals surface area (Å²) in [6.07, 6.45) is 5.09. The Balaban J connectivity index is 0.000000282. The SMILES string of the molecule is Cc1nc2cc(-c3cnc(C(C)(C)O)s3)c(N)cc2c(=O)n1Cc1ccc(C#N)cc1.O=C1OCC2CCCCN12. The van der Waals surface area contributed by atoms with Crippen LogP contribution in [0.3, 0.4) is 0 Å². The molecule has 2 fully saturated rings. The lowest BCUT2D eigenvalue weighted by atomic mass is 10.0. The van der Waals surface area contributed by atoms with Gasteiger partial charge >= 0.3 is 6.09 Å². The number of fused-ring (bicyclic) bond motifs is 2. The molecule has 0 bridgehead atoms. The Morgan fingerprint density at radius 2 is 1.98 bits per heavy atom. The van der Waals surface area contributed by atoms with E-state index < -0.39 is 5.60 Å². The maximum atomic E-state index is 13.2. The number of carbonyl (C=O) groups is 1. The Bertz CT molecular complexity index is 1700. The van der Waals surface area contributed by atoms with Crippen LogP contribution in [0.4, 0.5) is 10.5 Å². The summed E-state index contributed by atoms with van der Waals surface area (Å²) >= 11 is 1.36. The average molecular weight is 573 g/mol. The molecule has 0 radical (unpaired) electrons. The van der Waals surface area contributed by atoms with Crippen molar-refractivity contribution >= 4 is 34.0 Å². The summed E-state index contributed by atoms with van der Waals surface area (Å²) in [5.41, 5.74) is 8.29. The Kier molecular flexibility index (Phi) is 7.80. The first-order chi connectivity index (χ1) is 19.5. The number of carbonyl (C=O) groups excluding carboxylic acids is 1. The number of aryl methyl sites for hydroxylation is 1. The molecule has 0 aliphatic carbocycles. The fraction of sp³-hybridized carbons (Fsp3) is 0.367. The number of hydrogen-bond donors (Lipinski definition) is 2. The number of nitrogen functional groups attached to an aromatic ring is 1. The van der Waals surface area contributed by atoms with Crippen LogP contribution >= 0.6 is 11.3 Å². The predicted octanol–water partition coefficient (Wildman–Crippen LogP) is 4.55. The van der Waals surface area contributed by atoms with Crippen LogP contribution in [0.5, 0.6) is 0 Å². The molecular formula is C30H32N6O4S. The molecule has 0 spiro atoms. The van der Waals surface area contributed by atoms with E-state index in [2.05, 4.69) is 16.0 Å². The monoisotopic (exact) mass is 572 g/mol. The minimum atomic E-state index is -1.04. The lowest BCUT2D eigenvalue weighted by molar-refractivity contribution is 0.0783. The van der Waals surface area contributed by atoms with Crippen molar-refractivity contribution in [3.05, 3.63) is 74.9 Å². The zero-order valence-electron chi connectivity index (χ0n) is 23.3. The van der Waals surface area contributed by atoms with Gasteiger partial charge in [0.1, 0.15) is 23.0 Å². The zero-order valence-corrected chi connectivity index (χ0v) is 24.1. The minimum absolute atomic E-state index is 0.107. The van der Waals surface area contributed by atoms with Gasteiger partial charge in [-0.15, -0.1) is 11.3 Å². The smallest absolute Gasteiger partial charge is 0.410 e. The molecule has 10 nitrogen and oxygen atoms in total. The molecule has 2 aliphatic rings. The topological polar surface area (TPSA) is 147 Å². The molecule has 6 rings (SSSR count). The Morgan fingerprint density at radius 3 is 2.63 bits per heavy atom. The fourth-order valence-electron chi connectivity index (χ4n) is 5.01. The third-order valence-electron chi connectivity index (χ3n) is 7.30. The number of thiazole rings is 1. The maximum Gasteiger partial charge on any atom is 0.410 e. The number of anilines is 1. The van der Waals surface area contributed by atoms with Gasteiger partial charge < -0.3 is 20.5 Å². The van der Waals surface area contributed by atoms with E-state index in [9.17, 15) is 14.7 Å². The molecule has 2 aromatic heterocycles. The summed E-state index contributed by atoms with van der Waals surface area (Å²) in [6.45, 7) is 7.04. The van der Waals surface area contributed by atoms with Gasteiger partial charge in [0.25, 0.3) is 5.56 Å². The molecule has 11 heteroatoms. The van der Waals surface area contributed by atoms with Crippen molar-refractivity contribution in [1.82, 2.24) is 19.4 Å². The van der Waals surface area contributed by atoms with Crippen LogP contribution in [0.25, 0.3) is 21.3 Å². The highest BCUT2D eigenvalue weighted by Gasteiger charge is 2.34. The summed E-state index contributed by atoms with van der Waals surface area (Å²) in [4.78, 5) is 35.7. The van der Waals surface area contributed by atoms with Crippen LogP contribution < -0.4 is 11.3 Å². The molecule has 2 aromatic carbocycles. The predicted molar refractivity (Wildman–Crippen MR) is 157 cm³/mol. The first-order valence-electron chi connectivity index (χ1n) is 13.5. The van der Waals surface area contributed by atoms with Crippen LogP contribution in [0.1, 0.15) is 55.1 Å². The molecule has 3 N–H and O–H groups in total. The number of benzene rings is 2. The highest BCUT2D eigenvalue weighted by atomic mass is 32.1. The van der Waals surface area contributed by atoms with Crippen LogP contribution in [0.2, 0.25) is 0 Å². The van der Waals surface area contributed by atoms with Gasteiger partial charge in [0, 0.05) is 24.0 Å². The Hall–Kier alpha value is -4.27. The van der Waals surface area contributed by atoms with Crippen molar-refractivity contribution in [1.29, 1.82) is 5.26 Å². The first kappa shape index (κ1) is 28.3. The molecule has 2 aliphatic heterocycles. The number of amides is 1. The molecule has 1 atom stereocenters. The van der Waals surface area contributed by atoms with Crippen LogP contribution in [-0.4, -0.2) is 49.8 Å². The van der Waals surface area contributed by atoms with E-state index in [1.54, 1.807) is 55.8 Å². The molecule has 4 heterocycles. The first-order valence-corrected chi connectivity index (χ1v) is 14.3. The quantitative estimate of drug-likeness (QED) is 0.339. The third-order valence-corrected chi connectivity index (χ3v) is 8.64. The van der Waals surface area contributed by atoms with E-state index in [1.165, 1.54) is 17.8 Å². The van der Waals surface area contributed by atoms with Crippen LogP contribution in [0, 0.1) is 18.3 Å². The van der Waals surface area contributed by atoms with E-state index >= 15 is 0 Å². The van der Waals surface area contributed by atoms with Crippen LogP contribution in [0.15, 0.2) is 47.4 Å². The maximum absolute atomic E-state index is 13.2. The van der Waals surface area contributed by atoms with Crippen molar-refractivity contribution < 1.29 is 14.6 Å². The molecule has 212 valence electrons. The van der Waals surface area contributed by atoms with E-state index in [0.717, 1.165) is 35.4 Å². The average Bonchev–Trinajstić information content (AvgIpc) is 3.60. The highest BCUT2D eigenvalue weighted by molar-refractivity contribution is 7.15. The molecule has 1 amide bonds. The van der Waals surface area contributed by atoms with E-state index in [-0.39, 0.29) is 11.7 Å². The van der Waals surface area contributed by atoms with Gasteiger partial charge in [-0.3, -0.25) is 9.36 Å². The Labute approximate surface area is 241 Å². The van der Waals surface area contributed by atoms with Gasteiger partial charge in [0.05, 0.1) is 40.0 Å². The standard InChI is InChI=1S/C23H21N5O2S.C7H11NO2/c1-13-27-19-9-16(20-11-26-22(31-20)23(2,3)30)18(25)8-17(19)21(29)28(13)12-15-6-4-14(10-24)5-7-15;9-7-8-4-2-1-3-6(8)5-10-7/h4-9,11,30H,12,25H2,1-3H3;6H,1-5H2. The van der Waals surface area contributed by atoms with Gasteiger partial charge in [-0.1, -0.05) is 12.1 Å². The van der Waals surface area contributed by atoms with Crippen molar-refractivity contribution in [3.63, 3.8) is 0 Å². The van der Waals surface area contributed by atoms with Gasteiger partial charge in [-0.05, 0) is 69.9 Å². The van der Waals surface area contributed by atoms with Crippen molar-refractivity contribution in [2.24, 2.45) is 0 Å². The number of ether oxygens (including phenoxy) is 1. The molecule has 1 unspecified atom stereocenters. The van der Waals surface area contributed by atoms with Gasteiger partial charge in [0.2, 0.25) is 0 Å². The summed E-state index contributed by atoms with van der Waals surface area (Å²) in [7, 11) is 0. The summed E-state index contributed by atoms with van der Waals surface area (Å²) < 4.78 is 6.49.